The average Bonchev–Trinajstić information content (AvgIpc) is 2.77. The molecule has 2 atom stereocenters. The largest absolute Gasteiger partial charge is 0.480 e. The molecule has 0 aromatic carbocycles. The third-order valence-corrected chi connectivity index (χ3v) is 4.18. The first kappa shape index (κ1) is 13.4. The van der Waals surface area contributed by atoms with Gasteiger partial charge in [-0.05, 0) is 17.8 Å². The van der Waals surface area contributed by atoms with Gasteiger partial charge in [0.15, 0.2) is 0 Å². The monoisotopic (exact) mass is 292 g/mol. The molecule has 1 aromatic rings. The van der Waals surface area contributed by atoms with Crippen molar-refractivity contribution in [1.29, 1.82) is 0 Å². The van der Waals surface area contributed by atoms with E-state index in [4.69, 9.17) is 5.11 Å². The predicted octanol–water partition coefficient (Wildman–Crippen LogP) is 2.89. The molecule has 2 aliphatic carbocycles. The summed E-state index contributed by atoms with van der Waals surface area (Å²) in [5, 5.41) is 12.2. The lowest BCUT2D eigenvalue weighted by atomic mass is 9.84. The molecule has 1 unspecified atom stereocenters. The van der Waals surface area contributed by atoms with Crippen LogP contribution >= 0.6 is 0 Å². The summed E-state index contributed by atoms with van der Waals surface area (Å²) in [7, 11) is 0. The molecule has 110 valence electrons. The predicted molar refractivity (Wildman–Crippen MR) is 58.8 cm³/mol. The van der Waals surface area contributed by atoms with Crippen molar-refractivity contribution in [3.8, 4) is 0 Å². The molecule has 2 aliphatic rings. The van der Waals surface area contributed by atoms with E-state index in [0.29, 0.717) is 11.1 Å². The van der Waals surface area contributed by atoms with Crippen molar-refractivity contribution in [2.45, 2.75) is 44.6 Å². The molecule has 1 heterocycles. The van der Waals surface area contributed by atoms with E-state index >= 15 is 0 Å². The van der Waals surface area contributed by atoms with Gasteiger partial charge in [-0.3, -0.25) is 9.48 Å². The Hall–Kier alpha value is -1.60. The fourth-order valence-corrected chi connectivity index (χ4v) is 3.27. The highest BCUT2D eigenvalue weighted by Crippen LogP contribution is 2.70. The van der Waals surface area contributed by atoms with Crippen molar-refractivity contribution < 1.29 is 27.5 Å². The van der Waals surface area contributed by atoms with Crippen molar-refractivity contribution in [3.63, 3.8) is 0 Å². The van der Waals surface area contributed by atoms with Gasteiger partial charge in [-0.15, -0.1) is 0 Å². The Balaban J connectivity index is 2.20. The summed E-state index contributed by atoms with van der Waals surface area (Å²) in [4.78, 5) is 10.7. The van der Waals surface area contributed by atoms with Crippen molar-refractivity contribution >= 4 is 5.97 Å². The Morgan fingerprint density at radius 2 is 2.20 bits per heavy atom. The minimum absolute atomic E-state index is 0.139. The van der Waals surface area contributed by atoms with Gasteiger partial charge in [-0.1, -0.05) is 6.92 Å². The second-order valence-corrected chi connectivity index (χ2v) is 5.79. The topological polar surface area (TPSA) is 55.1 Å². The number of aliphatic carboxylic acids is 1. The van der Waals surface area contributed by atoms with Crippen LogP contribution in [0.4, 0.5) is 17.6 Å². The molecule has 0 saturated heterocycles. The maximum atomic E-state index is 14.2. The zero-order valence-corrected chi connectivity index (χ0v) is 10.5. The second kappa shape index (κ2) is 3.73. The molecule has 8 heteroatoms. The molecule has 0 aliphatic heterocycles. The Labute approximate surface area is 111 Å². The second-order valence-electron chi connectivity index (χ2n) is 5.79. The van der Waals surface area contributed by atoms with E-state index < -0.39 is 48.1 Å². The van der Waals surface area contributed by atoms with E-state index in [-0.39, 0.29) is 11.5 Å². The van der Waals surface area contributed by atoms with E-state index in [1.165, 1.54) is 0 Å². The Kier molecular flexibility index (Phi) is 2.50. The van der Waals surface area contributed by atoms with Crippen LogP contribution in [-0.2, 0) is 17.3 Å². The van der Waals surface area contributed by atoms with Crippen molar-refractivity contribution in [2.75, 3.05) is 0 Å². The average molecular weight is 292 g/mol. The zero-order chi connectivity index (χ0) is 14.9. The van der Waals surface area contributed by atoms with E-state index in [0.717, 1.165) is 0 Å². The van der Waals surface area contributed by atoms with Crippen molar-refractivity contribution in [2.24, 2.45) is 5.41 Å². The maximum absolute atomic E-state index is 14.2. The Morgan fingerprint density at radius 3 is 2.75 bits per heavy atom. The quantitative estimate of drug-likeness (QED) is 0.871. The fourth-order valence-electron chi connectivity index (χ4n) is 3.27. The molecule has 0 radical (unpaired) electrons. The van der Waals surface area contributed by atoms with Crippen LogP contribution in [0.2, 0.25) is 0 Å². The third kappa shape index (κ3) is 1.73. The standard InChI is InChI=1S/C12H12F4N2O2/c1-11-2-5(11)7-8(10(13)14)17-18(3-6(19)20)9(7)12(15,16)4-11/h5,10H,2-4H2,1H3,(H,19,20)/t5-,11?/m1/s1. The molecule has 0 bridgehead atoms. The maximum Gasteiger partial charge on any atom is 0.325 e. The van der Waals surface area contributed by atoms with E-state index in [1.54, 1.807) is 6.92 Å². The summed E-state index contributed by atoms with van der Waals surface area (Å²) in [6.07, 6.45) is -3.03. The van der Waals surface area contributed by atoms with Crippen molar-refractivity contribution in [1.82, 2.24) is 9.78 Å². The van der Waals surface area contributed by atoms with Crippen LogP contribution in [0, 0.1) is 5.41 Å². The van der Waals surface area contributed by atoms with Gasteiger partial charge in [0, 0.05) is 12.0 Å². The summed E-state index contributed by atoms with van der Waals surface area (Å²) >= 11 is 0. The number of rotatable bonds is 3. The highest BCUT2D eigenvalue weighted by atomic mass is 19.3. The molecule has 1 fully saturated rings. The lowest BCUT2D eigenvalue weighted by molar-refractivity contribution is -0.138. The van der Waals surface area contributed by atoms with Gasteiger partial charge in [-0.25, -0.2) is 8.78 Å². The van der Waals surface area contributed by atoms with Gasteiger partial charge < -0.3 is 5.11 Å². The zero-order valence-electron chi connectivity index (χ0n) is 10.5. The summed E-state index contributed by atoms with van der Waals surface area (Å²) in [6.45, 7) is 0.798. The first-order valence-electron chi connectivity index (χ1n) is 6.14. The van der Waals surface area contributed by atoms with Gasteiger partial charge in [0.05, 0.1) is 0 Å². The molecule has 1 saturated carbocycles. The number of carbonyl (C=O) groups is 1. The number of halogens is 4. The Bertz CT molecular complexity index is 599. The first-order chi connectivity index (χ1) is 9.16. The number of hydrogen-bond donors (Lipinski definition) is 1. The smallest absolute Gasteiger partial charge is 0.325 e. The number of aromatic nitrogens is 2. The van der Waals surface area contributed by atoms with E-state index in [2.05, 4.69) is 5.10 Å². The van der Waals surface area contributed by atoms with Crippen LogP contribution in [0.25, 0.3) is 0 Å². The SMILES string of the molecule is CC12C[C@@H]1c1c(C(F)F)nn(CC(=O)O)c1C(F)(F)C2. The van der Waals surface area contributed by atoms with E-state index in [9.17, 15) is 22.4 Å². The van der Waals surface area contributed by atoms with Crippen LogP contribution in [0.15, 0.2) is 0 Å². The molecule has 1 N–H and O–H groups in total. The molecular weight excluding hydrogens is 280 g/mol. The van der Waals surface area contributed by atoms with Crippen molar-refractivity contribution in [3.05, 3.63) is 17.0 Å². The number of carboxylic acids is 1. The van der Waals surface area contributed by atoms with Gasteiger partial charge in [0.1, 0.15) is 17.9 Å². The van der Waals surface area contributed by atoms with E-state index in [1.807, 2.05) is 0 Å². The minimum atomic E-state index is -3.33. The molecule has 20 heavy (non-hydrogen) atoms. The van der Waals surface area contributed by atoms with Crippen LogP contribution in [0.1, 0.15) is 49.1 Å². The van der Waals surface area contributed by atoms with Crippen LogP contribution in [0.3, 0.4) is 0 Å². The van der Waals surface area contributed by atoms with Gasteiger partial charge >= 0.3 is 5.97 Å². The van der Waals surface area contributed by atoms with Gasteiger partial charge in [0.2, 0.25) is 0 Å². The third-order valence-electron chi connectivity index (χ3n) is 4.18. The highest BCUT2D eigenvalue weighted by Gasteiger charge is 2.64. The lowest BCUT2D eigenvalue weighted by Crippen LogP contribution is -2.29. The van der Waals surface area contributed by atoms with Crippen LogP contribution < -0.4 is 0 Å². The number of nitrogens with zero attached hydrogens (tertiary/aromatic N) is 2. The molecule has 1 aromatic heterocycles. The van der Waals surface area contributed by atoms with Crippen LogP contribution in [-0.4, -0.2) is 20.9 Å². The highest BCUT2D eigenvalue weighted by molar-refractivity contribution is 5.66. The Morgan fingerprint density at radius 1 is 1.55 bits per heavy atom. The summed E-state index contributed by atoms with van der Waals surface area (Å²) in [6, 6.07) is 0. The number of hydrogen-bond acceptors (Lipinski definition) is 2. The fraction of sp³-hybridized carbons (Fsp3) is 0.667. The minimum Gasteiger partial charge on any atom is -0.480 e. The lowest BCUT2D eigenvalue weighted by Gasteiger charge is -2.27. The molecule has 0 amide bonds. The normalized spacial score (nSPS) is 30.0. The first-order valence-corrected chi connectivity index (χ1v) is 6.14. The summed E-state index contributed by atoms with van der Waals surface area (Å²) in [5.41, 5.74) is -2.17. The van der Waals surface area contributed by atoms with Crippen LogP contribution in [0.5, 0.6) is 0 Å². The molecule has 0 spiro atoms. The molecule has 3 rings (SSSR count). The number of alkyl halides is 4. The summed E-state index contributed by atoms with van der Waals surface area (Å²) < 4.78 is 55.0. The number of carboxylic acid groups (broad SMARTS) is 1. The number of fused-ring (bicyclic) bond motifs is 3. The van der Waals surface area contributed by atoms with Gasteiger partial charge in [0.25, 0.3) is 12.3 Å². The van der Waals surface area contributed by atoms with Gasteiger partial charge in [-0.2, -0.15) is 13.9 Å². The molecular formula is C12H12F4N2O2. The molecule has 4 nitrogen and oxygen atoms in total. The summed E-state index contributed by atoms with van der Waals surface area (Å²) in [5.74, 6) is -5.09.